The molecule has 24 heavy (non-hydrogen) atoms. The van der Waals surface area contributed by atoms with Crippen molar-refractivity contribution in [3.8, 4) is 0 Å². The molecule has 3 aliphatic rings. The number of aromatic nitrogens is 2. The van der Waals surface area contributed by atoms with E-state index in [-0.39, 0.29) is 17.5 Å². The Balaban J connectivity index is 1.53. The number of fused-ring (bicyclic) bond motifs is 2. The highest BCUT2D eigenvalue weighted by molar-refractivity contribution is 6.41. The van der Waals surface area contributed by atoms with Gasteiger partial charge in [-0.25, -0.2) is 15.5 Å². The van der Waals surface area contributed by atoms with Crippen molar-refractivity contribution >= 4 is 23.2 Å². The summed E-state index contributed by atoms with van der Waals surface area (Å²) >= 11 is 0. The maximum absolute atomic E-state index is 12.4. The van der Waals surface area contributed by atoms with Gasteiger partial charge in [-0.2, -0.15) is 10.2 Å². The molecule has 2 amide bonds. The van der Waals surface area contributed by atoms with E-state index in [1.165, 1.54) is 0 Å². The molecule has 0 spiro atoms. The molecule has 2 atom stereocenters. The molecule has 1 aliphatic heterocycles. The molecular formula is C15H14N6O3. The van der Waals surface area contributed by atoms with Gasteiger partial charge in [-0.05, 0) is 24.4 Å². The minimum atomic E-state index is -0.457. The molecule has 9 nitrogen and oxygen atoms in total. The lowest BCUT2D eigenvalue weighted by Gasteiger charge is -2.27. The van der Waals surface area contributed by atoms with Gasteiger partial charge in [0.05, 0.1) is 11.6 Å². The molecule has 0 bridgehead atoms. The number of carbonyl (C=O) groups is 2. The lowest BCUT2D eigenvalue weighted by atomic mass is 9.83. The summed E-state index contributed by atoms with van der Waals surface area (Å²) in [6, 6.07) is 0. The van der Waals surface area contributed by atoms with Crippen molar-refractivity contribution in [1.82, 2.24) is 21.2 Å². The maximum Gasteiger partial charge on any atom is 0.288 e. The average molecular weight is 326 g/mol. The number of amides is 2. The van der Waals surface area contributed by atoms with E-state index in [1.807, 2.05) is 0 Å². The van der Waals surface area contributed by atoms with Crippen LogP contribution in [0.2, 0.25) is 0 Å². The summed E-state index contributed by atoms with van der Waals surface area (Å²) in [6.45, 7) is 0. The number of nitrogens with zero attached hydrogens (tertiary/aromatic N) is 4. The molecule has 122 valence electrons. The number of carbonyl (C=O) groups excluding carboxylic acids is 2. The topological polar surface area (TPSA) is 122 Å². The Kier molecular flexibility index (Phi) is 3.52. The zero-order valence-electron chi connectivity index (χ0n) is 12.6. The number of hydrogen-bond donors (Lipinski definition) is 2. The van der Waals surface area contributed by atoms with E-state index in [9.17, 15) is 9.59 Å². The van der Waals surface area contributed by atoms with Crippen molar-refractivity contribution in [2.24, 2.45) is 22.0 Å². The average Bonchev–Trinajstić information content (AvgIpc) is 3.09. The number of allylic oxidation sites excluding steroid dienone is 3. The molecule has 0 fully saturated rings. The predicted octanol–water partition coefficient (Wildman–Crippen LogP) is 0.0704. The molecule has 2 N–H and O–H groups in total. The second-order valence-corrected chi connectivity index (χ2v) is 5.71. The molecule has 0 radical (unpaired) electrons. The van der Waals surface area contributed by atoms with E-state index < -0.39 is 11.8 Å². The standard InChI is InChI=1S/C15H14N6O3/c22-14-9-5-2-1-4-8(9)12(17-18-14)15(23)19-16-10-6-3-7-11-13(10)21-24-20-11/h1-2,4-5,8-9H,3,6-7H2,(H,18,22)(H,19,23)/b16-10-/t8-,9-/m0/s1. The van der Waals surface area contributed by atoms with Gasteiger partial charge in [-0.15, -0.1) is 0 Å². The van der Waals surface area contributed by atoms with Crippen LogP contribution < -0.4 is 10.9 Å². The summed E-state index contributed by atoms with van der Waals surface area (Å²) in [7, 11) is 0. The van der Waals surface area contributed by atoms with E-state index in [4.69, 9.17) is 4.63 Å². The fraction of sp³-hybridized carbons (Fsp3) is 0.333. The smallest absolute Gasteiger partial charge is 0.272 e. The summed E-state index contributed by atoms with van der Waals surface area (Å²) in [5, 5.41) is 15.7. The van der Waals surface area contributed by atoms with E-state index in [0.29, 0.717) is 17.8 Å². The zero-order chi connectivity index (χ0) is 16.5. The van der Waals surface area contributed by atoms with Crippen molar-refractivity contribution in [3.05, 3.63) is 35.7 Å². The van der Waals surface area contributed by atoms with Gasteiger partial charge in [0.15, 0.2) is 5.69 Å². The second-order valence-electron chi connectivity index (χ2n) is 5.71. The Morgan fingerprint density at radius 3 is 2.96 bits per heavy atom. The largest absolute Gasteiger partial charge is 0.288 e. The summed E-state index contributed by atoms with van der Waals surface area (Å²) in [4.78, 5) is 24.3. The quantitative estimate of drug-likeness (QED) is 0.745. The number of aryl methyl sites for hydroxylation is 1. The Morgan fingerprint density at radius 2 is 2.08 bits per heavy atom. The highest BCUT2D eigenvalue weighted by Gasteiger charge is 2.36. The molecular weight excluding hydrogens is 312 g/mol. The first kappa shape index (κ1) is 14.5. The van der Waals surface area contributed by atoms with Crippen molar-refractivity contribution in [2.45, 2.75) is 19.3 Å². The van der Waals surface area contributed by atoms with Crippen molar-refractivity contribution < 1.29 is 14.2 Å². The SMILES string of the molecule is O=C(N/N=C1/CCCc2nonc21)C1=NNC(=O)[C@H]2C=CC=C[C@H]12. The van der Waals surface area contributed by atoms with Crippen molar-refractivity contribution in [2.75, 3.05) is 0 Å². The van der Waals surface area contributed by atoms with E-state index >= 15 is 0 Å². The minimum Gasteiger partial charge on any atom is -0.272 e. The van der Waals surface area contributed by atoms with Crippen LogP contribution >= 0.6 is 0 Å². The van der Waals surface area contributed by atoms with Gasteiger partial charge in [0.1, 0.15) is 11.4 Å². The van der Waals surface area contributed by atoms with Gasteiger partial charge in [0.25, 0.3) is 5.91 Å². The van der Waals surface area contributed by atoms with E-state index in [2.05, 4.69) is 31.4 Å². The highest BCUT2D eigenvalue weighted by Crippen LogP contribution is 2.24. The van der Waals surface area contributed by atoms with Gasteiger partial charge >= 0.3 is 0 Å². The Morgan fingerprint density at radius 1 is 1.25 bits per heavy atom. The summed E-state index contributed by atoms with van der Waals surface area (Å²) in [6.07, 6.45) is 9.44. The Labute approximate surface area is 136 Å². The minimum absolute atomic E-state index is 0.221. The highest BCUT2D eigenvalue weighted by atomic mass is 16.6. The maximum atomic E-state index is 12.4. The first-order valence-corrected chi connectivity index (χ1v) is 7.65. The summed E-state index contributed by atoms with van der Waals surface area (Å²) < 4.78 is 4.72. The lowest BCUT2D eigenvalue weighted by molar-refractivity contribution is -0.124. The van der Waals surface area contributed by atoms with Crippen LogP contribution in [0.15, 0.2) is 39.1 Å². The molecule has 0 saturated heterocycles. The van der Waals surface area contributed by atoms with Gasteiger partial charge in [0, 0.05) is 5.92 Å². The number of rotatable bonds is 2. The van der Waals surface area contributed by atoms with Crippen molar-refractivity contribution in [1.29, 1.82) is 0 Å². The van der Waals surface area contributed by atoms with Crippen LogP contribution in [0.1, 0.15) is 24.2 Å². The zero-order valence-corrected chi connectivity index (χ0v) is 12.6. The van der Waals surface area contributed by atoms with Crippen LogP contribution in [0.25, 0.3) is 0 Å². The van der Waals surface area contributed by atoms with Crippen LogP contribution in [0.5, 0.6) is 0 Å². The molecule has 4 rings (SSSR count). The number of nitrogens with one attached hydrogen (secondary N) is 2. The molecule has 0 saturated carbocycles. The fourth-order valence-electron chi connectivity index (χ4n) is 3.00. The van der Waals surface area contributed by atoms with Gasteiger partial charge in [0.2, 0.25) is 5.91 Å². The Hall–Kier alpha value is -3.10. The van der Waals surface area contributed by atoms with Crippen LogP contribution in [0, 0.1) is 11.8 Å². The Bertz CT molecular complexity index is 819. The summed E-state index contributed by atoms with van der Waals surface area (Å²) in [5.74, 6) is -1.50. The van der Waals surface area contributed by atoms with Gasteiger partial charge in [-0.3, -0.25) is 9.59 Å². The number of hydrogen-bond acceptors (Lipinski definition) is 7. The third-order valence-electron chi connectivity index (χ3n) is 4.22. The van der Waals surface area contributed by atoms with Crippen LogP contribution in [0.4, 0.5) is 0 Å². The van der Waals surface area contributed by atoms with Crippen molar-refractivity contribution in [3.63, 3.8) is 0 Å². The predicted molar refractivity (Wildman–Crippen MR) is 82.8 cm³/mol. The molecule has 9 heteroatoms. The molecule has 1 aromatic heterocycles. The fourth-order valence-corrected chi connectivity index (χ4v) is 3.00. The molecule has 2 heterocycles. The third kappa shape index (κ3) is 2.43. The molecule has 0 aromatic carbocycles. The monoisotopic (exact) mass is 326 g/mol. The van der Waals surface area contributed by atoms with E-state index in [0.717, 1.165) is 18.5 Å². The van der Waals surface area contributed by atoms with Gasteiger partial charge < -0.3 is 0 Å². The van der Waals surface area contributed by atoms with Gasteiger partial charge in [-0.1, -0.05) is 29.5 Å². The van der Waals surface area contributed by atoms with Crippen LogP contribution in [-0.4, -0.2) is 33.6 Å². The second kappa shape index (κ2) is 5.84. The third-order valence-corrected chi connectivity index (χ3v) is 4.22. The lowest BCUT2D eigenvalue weighted by Crippen LogP contribution is -2.46. The van der Waals surface area contributed by atoms with E-state index in [1.54, 1.807) is 24.3 Å². The molecule has 1 aromatic rings. The number of hydrazone groups is 2. The molecule has 2 aliphatic carbocycles. The normalized spacial score (nSPS) is 26.4. The summed E-state index contributed by atoms with van der Waals surface area (Å²) in [5.41, 5.74) is 7.06. The molecule has 0 unspecified atom stereocenters. The van der Waals surface area contributed by atoms with Crippen LogP contribution in [-0.2, 0) is 16.0 Å². The van der Waals surface area contributed by atoms with Crippen LogP contribution in [0.3, 0.4) is 0 Å². The first-order valence-electron chi connectivity index (χ1n) is 7.65. The first-order chi connectivity index (χ1) is 11.7.